The summed E-state index contributed by atoms with van der Waals surface area (Å²) < 4.78 is 4.94. The molecule has 0 aliphatic heterocycles. The van der Waals surface area contributed by atoms with E-state index in [1.54, 1.807) is 31.1 Å². The molecule has 17 heavy (non-hydrogen) atoms. The minimum atomic E-state index is -0.362. The van der Waals surface area contributed by atoms with Gasteiger partial charge in [-0.25, -0.2) is 0 Å². The van der Waals surface area contributed by atoms with Gasteiger partial charge in [0.2, 0.25) is 0 Å². The largest absolute Gasteiger partial charge is 0.461 e. The van der Waals surface area contributed by atoms with Gasteiger partial charge in [-0.3, -0.25) is 9.59 Å². The second-order valence-corrected chi connectivity index (χ2v) is 3.87. The number of esters is 1. The van der Waals surface area contributed by atoms with Crippen LogP contribution in [0.3, 0.4) is 0 Å². The topological polar surface area (TPSA) is 72.6 Å². The van der Waals surface area contributed by atoms with Gasteiger partial charge in [-0.15, -0.1) is 0 Å². The Morgan fingerprint density at radius 2 is 2.12 bits per heavy atom. The second kappa shape index (κ2) is 5.34. The highest BCUT2D eigenvalue weighted by atomic mass is 16.5. The number of hydrogen-bond acceptors (Lipinski definition) is 5. The molecular weight excluding hydrogens is 220 g/mol. The third-order valence-corrected chi connectivity index (χ3v) is 2.33. The molecule has 0 aliphatic carbocycles. The minimum absolute atomic E-state index is 0.129. The first-order chi connectivity index (χ1) is 7.97. The van der Waals surface area contributed by atoms with E-state index >= 15 is 0 Å². The summed E-state index contributed by atoms with van der Waals surface area (Å²) in [5, 5.41) is 0. The lowest BCUT2D eigenvalue weighted by Gasteiger charge is -2.20. The zero-order valence-corrected chi connectivity index (χ0v) is 10.2. The number of ether oxygens (including phenoxy) is 1. The van der Waals surface area contributed by atoms with Crippen molar-refractivity contribution in [3.63, 3.8) is 0 Å². The molecule has 0 atom stereocenters. The number of carbonyl (C=O) groups excluding carboxylic acids is 2. The highest BCUT2D eigenvalue weighted by Crippen LogP contribution is 2.28. The molecule has 0 heterocycles. The van der Waals surface area contributed by atoms with E-state index < -0.39 is 0 Å². The molecule has 0 saturated carbocycles. The predicted molar refractivity (Wildman–Crippen MR) is 66.0 cm³/mol. The van der Waals surface area contributed by atoms with Crippen molar-refractivity contribution in [3.8, 4) is 0 Å². The van der Waals surface area contributed by atoms with Crippen LogP contribution in [0, 0.1) is 0 Å². The third kappa shape index (κ3) is 2.96. The monoisotopic (exact) mass is 236 g/mol. The summed E-state index contributed by atoms with van der Waals surface area (Å²) in [6.45, 7) is 1.47. The van der Waals surface area contributed by atoms with Crippen LogP contribution in [0.5, 0.6) is 0 Å². The Kier molecular flexibility index (Phi) is 4.09. The average molecular weight is 236 g/mol. The van der Waals surface area contributed by atoms with Crippen LogP contribution in [0.4, 0.5) is 11.4 Å². The van der Waals surface area contributed by atoms with Crippen LogP contribution in [0.1, 0.15) is 22.8 Å². The molecule has 0 aliphatic rings. The molecule has 0 amide bonds. The van der Waals surface area contributed by atoms with Crippen molar-refractivity contribution in [2.24, 2.45) is 0 Å². The number of hydrogen-bond donors (Lipinski definition) is 1. The number of rotatable bonds is 4. The number of benzene rings is 1. The first kappa shape index (κ1) is 13.0. The van der Waals surface area contributed by atoms with E-state index in [0.717, 1.165) is 5.56 Å². The van der Waals surface area contributed by atoms with Gasteiger partial charge in [-0.1, -0.05) is 6.07 Å². The Bertz CT molecular complexity index is 442. The molecule has 0 radical (unpaired) electrons. The molecule has 0 bridgehead atoms. The zero-order chi connectivity index (χ0) is 13.0. The summed E-state index contributed by atoms with van der Waals surface area (Å²) in [5.41, 5.74) is 7.99. The Morgan fingerprint density at radius 3 is 2.59 bits per heavy atom. The summed E-state index contributed by atoms with van der Waals surface area (Å²) in [4.78, 5) is 23.6. The number of aldehydes is 1. The second-order valence-electron chi connectivity index (χ2n) is 3.87. The maximum atomic E-state index is 11.0. The van der Waals surface area contributed by atoms with Crippen LogP contribution >= 0.6 is 0 Å². The lowest BCUT2D eigenvalue weighted by molar-refractivity contribution is -0.142. The summed E-state index contributed by atoms with van der Waals surface area (Å²) >= 11 is 0. The Labute approximate surface area is 100 Å². The molecule has 0 fully saturated rings. The van der Waals surface area contributed by atoms with Crippen LogP contribution in [0.2, 0.25) is 0 Å². The van der Waals surface area contributed by atoms with Crippen molar-refractivity contribution in [2.45, 2.75) is 13.5 Å². The number of nitrogens with zero attached hydrogens (tertiary/aromatic N) is 1. The SMILES string of the molecule is CC(=O)OCc1ccc(N)c(C=O)c1N(C)C. The number of carbonyl (C=O) groups is 2. The molecule has 0 aromatic heterocycles. The van der Waals surface area contributed by atoms with Crippen molar-refractivity contribution in [1.29, 1.82) is 0 Å². The van der Waals surface area contributed by atoms with Crippen LogP contribution in [-0.2, 0) is 16.1 Å². The van der Waals surface area contributed by atoms with Crippen molar-refractivity contribution < 1.29 is 14.3 Å². The predicted octanol–water partition coefficient (Wildman–Crippen LogP) is 1.21. The van der Waals surface area contributed by atoms with Crippen molar-refractivity contribution >= 4 is 23.6 Å². The van der Waals surface area contributed by atoms with E-state index in [1.165, 1.54) is 6.92 Å². The van der Waals surface area contributed by atoms with Crippen molar-refractivity contribution in [2.75, 3.05) is 24.7 Å². The molecule has 0 unspecified atom stereocenters. The van der Waals surface area contributed by atoms with Gasteiger partial charge < -0.3 is 15.4 Å². The van der Waals surface area contributed by atoms with E-state index in [4.69, 9.17) is 10.5 Å². The van der Waals surface area contributed by atoms with Gasteiger partial charge in [0.15, 0.2) is 6.29 Å². The number of nitrogens with two attached hydrogens (primary N) is 1. The molecule has 1 rings (SSSR count). The summed E-state index contributed by atoms with van der Waals surface area (Å²) in [5.74, 6) is -0.362. The Balaban J connectivity index is 3.20. The standard InChI is InChI=1S/C12H16N2O3/c1-8(16)17-7-9-4-5-11(13)10(6-15)12(9)14(2)3/h4-6H,7,13H2,1-3H3. The molecular formula is C12H16N2O3. The molecule has 1 aromatic carbocycles. The molecule has 1 aromatic rings. The van der Waals surface area contributed by atoms with E-state index in [0.29, 0.717) is 23.2 Å². The van der Waals surface area contributed by atoms with Crippen LogP contribution < -0.4 is 10.6 Å². The Hall–Kier alpha value is -2.04. The van der Waals surface area contributed by atoms with Crippen molar-refractivity contribution in [3.05, 3.63) is 23.3 Å². The molecule has 2 N–H and O–H groups in total. The van der Waals surface area contributed by atoms with Crippen LogP contribution in [-0.4, -0.2) is 26.4 Å². The smallest absolute Gasteiger partial charge is 0.302 e. The van der Waals surface area contributed by atoms with Crippen LogP contribution in [0.25, 0.3) is 0 Å². The van der Waals surface area contributed by atoms with Gasteiger partial charge in [0.05, 0.1) is 11.3 Å². The zero-order valence-electron chi connectivity index (χ0n) is 10.2. The van der Waals surface area contributed by atoms with E-state index in [-0.39, 0.29) is 12.6 Å². The first-order valence-electron chi connectivity index (χ1n) is 5.14. The van der Waals surface area contributed by atoms with Gasteiger partial charge in [0.25, 0.3) is 0 Å². The summed E-state index contributed by atoms with van der Waals surface area (Å²) in [6.07, 6.45) is 0.710. The quantitative estimate of drug-likeness (QED) is 0.483. The molecule has 92 valence electrons. The van der Waals surface area contributed by atoms with Crippen LogP contribution in [0.15, 0.2) is 12.1 Å². The van der Waals surface area contributed by atoms with E-state index in [9.17, 15) is 9.59 Å². The minimum Gasteiger partial charge on any atom is -0.461 e. The van der Waals surface area contributed by atoms with Gasteiger partial charge in [-0.2, -0.15) is 0 Å². The Morgan fingerprint density at radius 1 is 1.47 bits per heavy atom. The fourth-order valence-corrected chi connectivity index (χ4v) is 1.62. The number of nitrogen functional groups attached to an aromatic ring is 1. The average Bonchev–Trinajstić information content (AvgIpc) is 2.26. The fourth-order valence-electron chi connectivity index (χ4n) is 1.62. The van der Waals surface area contributed by atoms with Gasteiger partial charge in [0, 0.05) is 32.3 Å². The summed E-state index contributed by atoms with van der Waals surface area (Å²) in [6, 6.07) is 3.39. The lowest BCUT2D eigenvalue weighted by Crippen LogP contribution is -2.16. The molecule has 5 nitrogen and oxygen atoms in total. The van der Waals surface area contributed by atoms with E-state index in [2.05, 4.69) is 0 Å². The number of anilines is 2. The first-order valence-corrected chi connectivity index (χ1v) is 5.14. The van der Waals surface area contributed by atoms with Gasteiger partial charge >= 0.3 is 5.97 Å². The molecule has 0 spiro atoms. The maximum absolute atomic E-state index is 11.0. The molecule has 5 heteroatoms. The fraction of sp³-hybridized carbons (Fsp3) is 0.333. The third-order valence-electron chi connectivity index (χ3n) is 2.33. The van der Waals surface area contributed by atoms with E-state index in [1.807, 2.05) is 0 Å². The molecule has 0 saturated heterocycles. The summed E-state index contributed by atoms with van der Waals surface area (Å²) in [7, 11) is 3.61. The van der Waals surface area contributed by atoms with Gasteiger partial charge in [-0.05, 0) is 6.07 Å². The highest BCUT2D eigenvalue weighted by molar-refractivity contribution is 5.93. The highest BCUT2D eigenvalue weighted by Gasteiger charge is 2.14. The van der Waals surface area contributed by atoms with Crippen molar-refractivity contribution in [1.82, 2.24) is 0 Å². The lowest BCUT2D eigenvalue weighted by atomic mass is 10.1. The normalized spacial score (nSPS) is 9.82. The van der Waals surface area contributed by atoms with Gasteiger partial charge in [0.1, 0.15) is 6.61 Å². The maximum Gasteiger partial charge on any atom is 0.302 e.